The molecule has 0 fully saturated rings. The minimum atomic E-state index is 0. The van der Waals surface area contributed by atoms with Crippen LogP contribution < -0.4 is 0 Å². The fraction of sp³-hybridized carbons (Fsp3) is 0. The molecule has 4 nitrogen and oxygen atoms in total. The van der Waals surface area contributed by atoms with Gasteiger partial charge in [0.05, 0.1) is 11.4 Å². The summed E-state index contributed by atoms with van der Waals surface area (Å²) in [7, 11) is 0. The van der Waals surface area contributed by atoms with E-state index in [1.54, 1.807) is 36.7 Å². The van der Waals surface area contributed by atoms with Gasteiger partial charge in [-0.2, -0.15) is 0 Å². The third-order valence-electron chi connectivity index (χ3n) is 4.09. The molecule has 0 radical (unpaired) electrons. The number of rotatable bonds is 4. The number of hydrogen-bond donors (Lipinski definition) is 2. The van der Waals surface area contributed by atoms with Crippen molar-refractivity contribution >= 4 is 23.8 Å². The number of phenols is 2. The average molecular weight is 453 g/mol. The van der Waals surface area contributed by atoms with Crippen LogP contribution in [0.25, 0.3) is 0 Å². The first-order chi connectivity index (χ1) is 14.7. The SMILES string of the molecule is Oc1ccccc1C=Nc1ccccc1.Oc1ccccc1C=Nc1ccccc1.[Ni+2]. The van der Waals surface area contributed by atoms with Crippen molar-refractivity contribution in [3.8, 4) is 11.5 Å². The molecule has 0 atom stereocenters. The van der Waals surface area contributed by atoms with Gasteiger partial charge in [0, 0.05) is 23.6 Å². The molecule has 4 aromatic rings. The summed E-state index contributed by atoms with van der Waals surface area (Å²) in [4.78, 5) is 8.50. The monoisotopic (exact) mass is 452 g/mol. The first-order valence-electron chi connectivity index (χ1n) is 9.46. The molecule has 156 valence electrons. The molecule has 0 saturated heterocycles. The van der Waals surface area contributed by atoms with Crippen LogP contribution in [0.15, 0.2) is 119 Å². The summed E-state index contributed by atoms with van der Waals surface area (Å²) < 4.78 is 0. The standard InChI is InChI=1S/2C13H11NO.Ni/c2*15-13-9-5-4-6-11(13)10-14-12-7-2-1-3-8-12;/h2*1-10,15H;/q;;+2. The summed E-state index contributed by atoms with van der Waals surface area (Å²) in [5, 5.41) is 19.0. The summed E-state index contributed by atoms with van der Waals surface area (Å²) in [6.45, 7) is 0. The van der Waals surface area contributed by atoms with E-state index in [4.69, 9.17) is 0 Å². The Labute approximate surface area is 192 Å². The van der Waals surface area contributed by atoms with Crippen molar-refractivity contribution in [1.29, 1.82) is 0 Å². The predicted molar refractivity (Wildman–Crippen MR) is 124 cm³/mol. The Kier molecular flexibility index (Phi) is 9.73. The molecule has 4 aromatic carbocycles. The zero-order chi connectivity index (χ0) is 21.0. The van der Waals surface area contributed by atoms with E-state index in [-0.39, 0.29) is 28.0 Å². The van der Waals surface area contributed by atoms with Gasteiger partial charge in [0.2, 0.25) is 0 Å². The zero-order valence-electron chi connectivity index (χ0n) is 16.7. The van der Waals surface area contributed by atoms with Gasteiger partial charge in [-0.25, -0.2) is 0 Å². The summed E-state index contributed by atoms with van der Waals surface area (Å²) >= 11 is 0. The van der Waals surface area contributed by atoms with Crippen molar-refractivity contribution < 1.29 is 26.7 Å². The van der Waals surface area contributed by atoms with Crippen LogP contribution in [-0.4, -0.2) is 22.6 Å². The molecule has 0 amide bonds. The van der Waals surface area contributed by atoms with Gasteiger partial charge in [0.1, 0.15) is 11.5 Å². The van der Waals surface area contributed by atoms with Crippen LogP contribution in [-0.2, 0) is 16.5 Å². The second-order valence-corrected chi connectivity index (χ2v) is 6.31. The second-order valence-electron chi connectivity index (χ2n) is 6.31. The fourth-order valence-corrected chi connectivity index (χ4v) is 2.51. The molecule has 0 unspecified atom stereocenters. The van der Waals surface area contributed by atoms with Gasteiger partial charge in [-0.15, -0.1) is 0 Å². The van der Waals surface area contributed by atoms with Crippen LogP contribution in [0.1, 0.15) is 11.1 Å². The largest absolute Gasteiger partial charge is 2.00 e. The quantitative estimate of drug-likeness (QED) is 0.282. The molecule has 2 N–H and O–H groups in total. The molecule has 0 heterocycles. The molecule has 0 aliphatic rings. The molecule has 0 aliphatic carbocycles. The molecule has 5 heteroatoms. The van der Waals surface area contributed by atoms with Gasteiger partial charge in [-0.05, 0) is 48.5 Å². The van der Waals surface area contributed by atoms with E-state index in [1.807, 2.05) is 84.9 Å². The number of nitrogens with zero attached hydrogens (tertiary/aromatic N) is 2. The van der Waals surface area contributed by atoms with Gasteiger partial charge in [-0.3, -0.25) is 9.98 Å². The van der Waals surface area contributed by atoms with Crippen molar-refractivity contribution in [3.63, 3.8) is 0 Å². The summed E-state index contributed by atoms with van der Waals surface area (Å²) in [6.07, 6.45) is 3.31. The Morgan fingerprint density at radius 2 is 0.774 bits per heavy atom. The molecular weight excluding hydrogens is 431 g/mol. The Morgan fingerprint density at radius 3 is 1.13 bits per heavy atom. The third-order valence-corrected chi connectivity index (χ3v) is 4.09. The number of aliphatic imine (C=N–C) groups is 2. The number of benzene rings is 4. The van der Waals surface area contributed by atoms with Crippen LogP contribution >= 0.6 is 0 Å². The Morgan fingerprint density at radius 1 is 0.452 bits per heavy atom. The Bertz CT molecular complexity index is 1020. The molecule has 0 bridgehead atoms. The van der Waals surface area contributed by atoms with Crippen molar-refractivity contribution in [2.75, 3.05) is 0 Å². The van der Waals surface area contributed by atoms with Gasteiger partial charge in [-0.1, -0.05) is 60.7 Å². The van der Waals surface area contributed by atoms with E-state index >= 15 is 0 Å². The average Bonchev–Trinajstić information content (AvgIpc) is 2.80. The zero-order valence-corrected chi connectivity index (χ0v) is 17.6. The van der Waals surface area contributed by atoms with Gasteiger partial charge in [0.15, 0.2) is 0 Å². The number of para-hydroxylation sites is 4. The predicted octanol–water partition coefficient (Wildman–Crippen LogP) is 6.28. The maximum absolute atomic E-state index is 9.50. The van der Waals surface area contributed by atoms with E-state index < -0.39 is 0 Å². The van der Waals surface area contributed by atoms with Crippen molar-refractivity contribution in [2.45, 2.75) is 0 Å². The van der Waals surface area contributed by atoms with Gasteiger partial charge in [0.25, 0.3) is 0 Å². The minimum absolute atomic E-state index is 0. The summed E-state index contributed by atoms with van der Waals surface area (Å²) in [5.74, 6) is 0.495. The Hall–Kier alpha value is -3.69. The van der Waals surface area contributed by atoms with E-state index in [2.05, 4.69) is 9.98 Å². The number of phenolic OH excluding ortho intramolecular Hbond substituents is 2. The fourth-order valence-electron chi connectivity index (χ4n) is 2.51. The molecule has 0 aromatic heterocycles. The van der Waals surface area contributed by atoms with Crippen molar-refractivity contribution in [1.82, 2.24) is 0 Å². The molecule has 0 saturated carbocycles. The van der Waals surface area contributed by atoms with E-state index in [0.29, 0.717) is 0 Å². The van der Waals surface area contributed by atoms with Crippen LogP contribution in [0.4, 0.5) is 11.4 Å². The molecule has 4 rings (SSSR count). The minimum Gasteiger partial charge on any atom is -0.507 e. The second kappa shape index (κ2) is 12.8. The molecule has 0 spiro atoms. The van der Waals surface area contributed by atoms with Crippen LogP contribution in [0.2, 0.25) is 0 Å². The first kappa shape index (κ1) is 23.6. The van der Waals surface area contributed by atoms with E-state index in [9.17, 15) is 10.2 Å². The topological polar surface area (TPSA) is 65.2 Å². The molecule has 0 aliphatic heterocycles. The van der Waals surface area contributed by atoms with Gasteiger partial charge >= 0.3 is 16.5 Å². The summed E-state index contributed by atoms with van der Waals surface area (Å²) in [5.41, 5.74) is 3.20. The van der Waals surface area contributed by atoms with Crippen LogP contribution in [0.3, 0.4) is 0 Å². The summed E-state index contributed by atoms with van der Waals surface area (Å²) in [6, 6.07) is 33.5. The maximum Gasteiger partial charge on any atom is 2.00 e. The third kappa shape index (κ3) is 7.92. The van der Waals surface area contributed by atoms with Crippen molar-refractivity contribution in [2.24, 2.45) is 9.98 Å². The van der Waals surface area contributed by atoms with Crippen molar-refractivity contribution in [3.05, 3.63) is 120 Å². The smallest absolute Gasteiger partial charge is 0.507 e. The maximum atomic E-state index is 9.50. The first-order valence-corrected chi connectivity index (χ1v) is 9.46. The number of hydrogen-bond acceptors (Lipinski definition) is 4. The van der Waals surface area contributed by atoms with Crippen LogP contribution in [0.5, 0.6) is 11.5 Å². The van der Waals surface area contributed by atoms with Crippen LogP contribution in [0, 0.1) is 0 Å². The normalized spacial score (nSPS) is 10.3. The molecule has 31 heavy (non-hydrogen) atoms. The number of aromatic hydroxyl groups is 2. The Balaban J connectivity index is 0.000000213. The van der Waals surface area contributed by atoms with Gasteiger partial charge < -0.3 is 10.2 Å². The van der Waals surface area contributed by atoms with E-state index in [1.165, 1.54) is 0 Å². The van der Waals surface area contributed by atoms with E-state index in [0.717, 1.165) is 22.5 Å². The molecular formula is C26H22N2NiO2+2.